The Morgan fingerprint density at radius 1 is 1.29 bits per heavy atom. The molecule has 1 aliphatic carbocycles. The third kappa shape index (κ3) is 1.47. The number of nitrogens with one attached hydrogen (secondary N) is 1. The first-order valence-electron chi connectivity index (χ1n) is 5.91. The van der Waals surface area contributed by atoms with Gasteiger partial charge in [0.05, 0.1) is 0 Å². The standard InChI is InChI=1S/C11H14N4O2/c1-7-8(9-12-14-15-13-9)10(16)17-11(7)5-3-2-4-6-11/h2-6H2,1H3,(H,12,13,14,15). The Bertz CT molecular complexity index is 472. The Balaban J connectivity index is 2.04. The maximum atomic E-state index is 12.0. The third-order valence-corrected chi connectivity index (χ3v) is 3.78. The fraction of sp³-hybridized carbons (Fsp3) is 0.636. The number of ether oxygens (including phenoxy) is 1. The Morgan fingerprint density at radius 2 is 2.06 bits per heavy atom. The van der Waals surface area contributed by atoms with E-state index in [2.05, 4.69) is 20.6 Å². The van der Waals surface area contributed by atoms with E-state index < -0.39 is 5.60 Å². The van der Waals surface area contributed by atoms with E-state index in [1.165, 1.54) is 6.42 Å². The molecule has 17 heavy (non-hydrogen) atoms. The van der Waals surface area contributed by atoms with Crippen molar-refractivity contribution in [2.75, 3.05) is 0 Å². The van der Waals surface area contributed by atoms with E-state index in [-0.39, 0.29) is 5.97 Å². The van der Waals surface area contributed by atoms with Crippen LogP contribution in [0.1, 0.15) is 44.9 Å². The maximum Gasteiger partial charge on any atom is 0.343 e. The largest absolute Gasteiger partial charge is 0.451 e. The summed E-state index contributed by atoms with van der Waals surface area (Å²) in [7, 11) is 0. The highest BCUT2D eigenvalue weighted by Crippen LogP contribution is 2.45. The van der Waals surface area contributed by atoms with E-state index >= 15 is 0 Å². The SMILES string of the molecule is CC1=C(c2nn[nH]n2)C(=O)OC12CCCCC2. The number of carbonyl (C=O) groups is 1. The molecular formula is C11H14N4O2. The van der Waals surface area contributed by atoms with Gasteiger partial charge in [-0.1, -0.05) is 6.42 Å². The highest BCUT2D eigenvalue weighted by molar-refractivity contribution is 6.18. The number of aromatic nitrogens is 4. The molecule has 1 aliphatic heterocycles. The molecule has 1 spiro atoms. The first-order valence-corrected chi connectivity index (χ1v) is 5.91. The monoisotopic (exact) mass is 234 g/mol. The number of aromatic amines is 1. The first kappa shape index (κ1) is 10.4. The van der Waals surface area contributed by atoms with E-state index in [0.717, 1.165) is 31.3 Å². The Kier molecular flexibility index (Phi) is 2.24. The summed E-state index contributed by atoms with van der Waals surface area (Å²) in [6, 6.07) is 0. The topological polar surface area (TPSA) is 80.8 Å². The summed E-state index contributed by atoms with van der Waals surface area (Å²) < 4.78 is 5.60. The van der Waals surface area contributed by atoms with Gasteiger partial charge in [0.2, 0.25) is 5.82 Å². The van der Waals surface area contributed by atoms with Gasteiger partial charge in [0.15, 0.2) is 0 Å². The minimum absolute atomic E-state index is 0.314. The number of rotatable bonds is 1. The minimum Gasteiger partial charge on any atom is -0.451 e. The number of esters is 1. The second-order valence-corrected chi connectivity index (χ2v) is 4.68. The van der Waals surface area contributed by atoms with Gasteiger partial charge in [-0.15, -0.1) is 10.2 Å². The molecule has 6 nitrogen and oxygen atoms in total. The summed E-state index contributed by atoms with van der Waals surface area (Å²) >= 11 is 0. The number of hydrogen-bond donors (Lipinski definition) is 1. The molecule has 0 atom stereocenters. The predicted molar refractivity (Wildman–Crippen MR) is 58.7 cm³/mol. The van der Waals surface area contributed by atoms with Crippen LogP contribution in [0.25, 0.3) is 5.57 Å². The van der Waals surface area contributed by atoms with E-state index in [9.17, 15) is 4.79 Å². The predicted octanol–water partition coefficient (Wildman–Crippen LogP) is 1.23. The van der Waals surface area contributed by atoms with Crippen molar-refractivity contribution in [2.45, 2.75) is 44.6 Å². The highest BCUT2D eigenvalue weighted by atomic mass is 16.6. The van der Waals surface area contributed by atoms with E-state index in [0.29, 0.717) is 11.4 Å². The zero-order valence-electron chi connectivity index (χ0n) is 9.69. The second-order valence-electron chi connectivity index (χ2n) is 4.68. The van der Waals surface area contributed by atoms with Crippen molar-refractivity contribution in [2.24, 2.45) is 0 Å². The van der Waals surface area contributed by atoms with Gasteiger partial charge in [0.1, 0.15) is 11.2 Å². The van der Waals surface area contributed by atoms with Crippen LogP contribution in [0.3, 0.4) is 0 Å². The maximum absolute atomic E-state index is 12.0. The molecule has 3 rings (SSSR count). The fourth-order valence-electron chi connectivity index (χ4n) is 2.81. The summed E-state index contributed by atoms with van der Waals surface area (Å²) in [6.07, 6.45) is 5.23. The van der Waals surface area contributed by atoms with Crippen LogP contribution in [0.15, 0.2) is 5.57 Å². The van der Waals surface area contributed by atoms with Crippen LogP contribution in [0.2, 0.25) is 0 Å². The number of tetrazole rings is 1. The molecule has 1 aromatic rings. The summed E-state index contributed by atoms with van der Waals surface area (Å²) in [5.41, 5.74) is 1.05. The lowest BCUT2D eigenvalue weighted by molar-refractivity contribution is -0.147. The Morgan fingerprint density at radius 3 is 2.71 bits per heavy atom. The van der Waals surface area contributed by atoms with Crippen LogP contribution in [0.4, 0.5) is 0 Å². The lowest BCUT2D eigenvalue weighted by Crippen LogP contribution is -2.33. The van der Waals surface area contributed by atoms with Crippen LogP contribution in [-0.4, -0.2) is 32.2 Å². The van der Waals surface area contributed by atoms with Gasteiger partial charge in [-0.2, -0.15) is 5.21 Å². The van der Waals surface area contributed by atoms with Crippen molar-refractivity contribution in [1.29, 1.82) is 0 Å². The minimum atomic E-state index is -0.398. The van der Waals surface area contributed by atoms with Gasteiger partial charge in [-0.05, 0) is 43.4 Å². The van der Waals surface area contributed by atoms with Gasteiger partial charge < -0.3 is 4.74 Å². The van der Waals surface area contributed by atoms with Crippen molar-refractivity contribution < 1.29 is 9.53 Å². The molecule has 0 saturated heterocycles. The number of carbonyl (C=O) groups excluding carboxylic acids is 1. The number of nitrogens with zero attached hydrogens (tertiary/aromatic N) is 3. The quantitative estimate of drug-likeness (QED) is 0.739. The lowest BCUT2D eigenvalue weighted by Gasteiger charge is -2.33. The molecule has 0 aromatic carbocycles. The summed E-state index contributed by atoms with van der Waals surface area (Å²) in [4.78, 5) is 12.0. The Hall–Kier alpha value is -1.72. The molecule has 1 fully saturated rings. The normalized spacial score (nSPS) is 23.2. The van der Waals surface area contributed by atoms with Crippen molar-refractivity contribution in [1.82, 2.24) is 20.6 Å². The number of hydrogen-bond acceptors (Lipinski definition) is 5. The zero-order valence-corrected chi connectivity index (χ0v) is 9.69. The van der Waals surface area contributed by atoms with Crippen LogP contribution in [0, 0.1) is 0 Å². The van der Waals surface area contributed by atoms with Gasteiger partial charge in [0, 0.05) is 0 Å². The van der Waals surface area contributed by atoms with Crippen molar-refractivity contribution >= 4 is 11.5 Å². The van der Waals surface area contributed by atoms with Gasteiger partial charge in [-0.25, -0.2) is 4.79 Å². The molecule has 1 N–H and O–H groups in total. The molecule has 1 aromatic heterocycles. The van der Waals surface area contributed by atoms with Crippen molar-refractivity contribution in [3.8, 4) is 0 Å². The third-order valence-electron chi connectivity index (χ3n) is 3.78. The van der Waals surface area contributed by atoms with Crippen LogP contribution < -0.4 is 0 Å². The molecule has 2 aliphatic rings. The molecule has 0 radical (unpaired) electrons. The molecule has 0 bridgehead atoms. The smallest absolute Gasteiger partial charge is 0.343 e. The zero-order chi connectivity index (χ0) is 11.9. The second kappa shape index (κ2) is 3.65. The molecule has 0 unspecified atom stereocenters. The van der Waals surface area contributed by atoms with E-state index in [4.69, 9.17) is 4.74 Å². The summed E-state index contributed by atoms with van der Waals surface area (Å²) in [6.45, 7) is 1.95. The average Bonchev–Trinajstić information content (AvgIpc) is 2.90. The molecule has 1 saturated carbocycles. The van der Waals surface area contributed by atoms with Crippen molar-refractivity contribution in [3.63, 3.8) is 0 Å². The fourth-order valence-corrected chi connectivity index (χ4v) is 2.81. The molecule has 0 amide bonds. The van der Waals surface area contributed by atoms with E-state index in [1.807, 2.05) is 6.92 Å². The van der Waals surface area contributed by atoms with Crippen molar-refractivity contribution in [3.05, 3.63) is 11.4 Å². The van der Waals surface area contributed by atoms with Gasteiger partial charge in [-0.3, -0.25) is 0 Å². The Labute approximate surface area is 98.4 Å². The molecule has 90 valence electrons. The van der Waals surface area contributed by atoms with E-state index in [1.54, 1.807) is 0 Å². The molecule has 2 heterocycles. The van der Waals surface area contributed by atoms with Crippen LogP contribution >= 0.6 is 0 Å². The lowest BCUT2D eigenvalue weighted by atomic mass is 9.79. The highest BCUT2D eigenvalue weighted by Gasteiger charge is 2.47. The average molecular weight is 234 g/mol. The first-order chi connectivity index (χ1) is 8.23. The summed E-state index contributed by atoms with van der Waals surface area (Å²) in [5, 5.41) is 13.6. The van der Waals surface area contributed by atoms with Crippen LogP contribution in [-0.2, 0) is 9.53 Å². The molecule has 6 heteroatoms. The number of H-pyrrole nitrogens is 1. The molecular weight excluding hydrogens is 220 g/mol. The van der Waals surface area contributed by atoms with Crippen LogP contribution in [0.5, 0.6) is 0 Å². The van der Waals surface area contributed by atoms with Gasteiger partial charge >= 0.3 is 5.97 Å². The summed E-state index contributed by atoms with van der Waals surface area (Å²) in [5.74, 6) is 0.0285. The van der Waals surface area contributed by atoms with Gasteiger partial charge in [0.25, 0.3) is 0 Å².